The van der Waals surface area contributed by atoms with E-state index in [0.717, 1.165) is 6.42 Å². The fraction of sp³-hybridized carbons (Fsp3) is 0.385. The zero-order chi connectivity index (χ0) is 14.1. The van der Waals surface area contributed by atoms with E-state index in [1.807, 2.05) is 6.92 Å². The fourth-order valence-corrected chi connectivity index (χ4v) is 1.36. The average Bonchev–Trinajstić information content (AvgIpc) is 2.43. The van der Waals surface area contributed by atoms with Gasteiger partial charge in [0, 0.05) is 18.3 Å². The van der Waals surface area contributed by atoms with E-state index in [2.05, 4.69) is 16.0 Å². The summed E-state index contributed by atoms with van der Waals surface area (Å²) < 4.78 is 5.04. The average molecular weight is 265 g/mol. The number of nitrogens with one attached hydrogen (secondary N) is 3. The standard InChI is InChI=1S/C13H19N3O3/c1-3-7-14-12(17)9-15-13(18)16-10-5-4-6-11(8-10)19-2/h4-6,8H,3,7,9H2,1-2H3,(H,14,17)(H2,15,16,18). The summed E-state index contributed by atoms with van der Waals surface area (Å²) in [6.45, 7) is 2.52. The summed E-state index contributed by atoms with van der Waals surface area (Å²) in [7, 11) is 1.55. The molecule has 0 spiro atoms. The lowest BCUT2D eigenvalue weighted by atomic mass is 10.3. The van der Waals surface area contributed by atoms with Crippen molar-refractivity contribution in [1.82, 2.24) is 10.6 Å². The molecule has 6 nitrogen and oxygen atoms in total. The van der Waals surface area contributed by atoms with Crippen molar-refractivity contribution in [3.05, 3.63) is 24.3 Å². The molecule has 0 aromatic heterocycles. The second-order valence-corrected chi connectivity index (χ2v) is 3.89. The second-order valence-electron chi connectivity index (χ2n) is 3.89. The summed E-state index contributed by atoms with van der Waals surface area (Å²) in [5, 5.41) is 7.76. The van der Waals surface area contributed by atoms with Gasteiger partial charge in [0.05, 0.1) is 13.7 Å². The monoisotopic (exact) mass is 265 g/mol. The van der Waals surface area contributed by atoms with E-state index in [1.54, 1.807) is 31.4 Å². The molecule has 0 unspecified atom stereocenters. The van der Waals surface area contributed by atoms with Crippen molar-refractivity contribution < 1.29 is 14.3 Å². The second kappa shape index (κ2) is 7.97. The number of hydrogen-bond acceptors (Lipinski definition) is 3. The van der Waals surface area contributed by atoms with Crippen LogP contribution in [0.15, 0.2) is 24.3 Å². The highest BCUT2D eigenvalue weighted by molar-refractivity contribution is 5.92. The molecule has 19 heavy (non-hydrogen) atoms. The quantitative estimate of drug-likeness (QED) is 0.726. The number of rotatable bonds is 6. The molecule has 0 aliphatic carbocycles. The van der Waals surface area contributed by atoms with Crippen LogP contribution in [-0.2, 0) is 4.79 Å². The zero-order valence-corrected chi connectivity index (χ0v) is 11.2. The van der Waals surface area contributed by atoms with Gasteiger partial charge < -0.3 is 20.7 Å². The maximum absolute atomic E-state index is 11.5. The molecule has 1 rings (SSSR count). The third-order valence-electron chi connectivity index (χ3n) is 2.31. The van der Waals surface area contributed by atoms with Gasteiger partial charge in [-0.2, -0.15) is 0 Å². The SMILES string of the molecule is CCCNC(=O)CNC(=O)Nc1cccc(OC)c1. The van der Waals surface area contributed by atoms with Crippen LogP contribution in [-0.4, -0.2) is 32.1 Å². The molecule has 1 aromatic carbocycles. The molecule has 104 valence electrons. The topological polar surface area (TPSA) is 79.5 Å². The van der Waals surface area contributed by atoms with Crippen LogP contribution in [0.2, 0.25) is 0 Å². The Bertz CT molecular complexity index is 435. The number of carbonyl (C=O) groups is 2. The lowest BCUT2D eigenvalue weighted by molar-refractivity contribution is -0.120. The van der Waals surface area contributed by atoms with Crippen molar-refractivity contribution in [3.8, 4) is 5.75 Å². The van der Waals surface area contributed by atoms with Crippen LogP contribution in [0, 0.1) is 0 Å². The third-order valence-corrected chi connectivity index (χ3v) is 2.31. The van der Waals surface area contributed by atoms with E-state index in [1.165, 1.54) is 0 Å². The third kappa shape index (κ3) is 5.76. The number of anilines is 1. The van der Waals surface area contributed by atoms with Gasteiger partial charge in [-0.05, 0) is 18.6 Å². The molecular formula is C13H19N3O3. The Balaban J connectivity index is 2.36. The van der Waals surface area contributed by atoms with Crippen molar-refractivity contribution in [3.63, 3.8) is 0 Å². The minimum Gasteiger partial charge on any atom is -0.497 e. The Morgan fingerprint density at radius 1 is 1.26 bits per heavy atom. The first kappa shape index (κ1) is 14.8. The Labute approximate surface area is 112 Å². The van der Waals surface area contributed by atoms with Crippen LogP contribution < -0.4 is 20.7 Å². The highest BCUT2D eigenvalue weighted by atomic mass is 16.5. The van der Waals surface area contributed by atoms with E-state index < -0.39 is 6.03 Å². The number of ether oxygens (including phenoxy) is 1. The van der Waals surface area contributed by atoms with Gasteiger partial charge in [-0.25, -0.2) is 4.79 Å². The number of methoxy groups -OCH3 is 1. The molecule has 6 heteroatoms. The highest BCUT2D eigenvalue weighted by Crippen LogP contribution is 2.16. The highest BCUT2D eigenvalue weighted by Gasteiger charge is 2.05. The normalized spacial score (nSPS) is 9.58. The lowest BCUT2D eigenvalue weighted by Crippen LogP contribution is -2.39. The maximum Gasteiger partial charge on any atom is 0.319 e. The first-order valence-electron chi connectivity index (χ1n) is 6.11. The summed E-state index contributed by atoms with van der Waals surface area (Å²) >= 11 is 0. The molecule has 3 N–H and O–H groups in total. The fourth-order valence-electron chi connectivity index (χ4n) is 1.36. The van der Waals surface area contributed by atoms with Gasteiger partial charge in [0.15, 0.2) is 0 Å². The van der Waals surface area contributed by atoms with Crippen LogP contribution in [0.3, 0.4) is 0 Å². The van der Waals surface area contributed by atoms with Gasteiger partial charge in [0.1, 0.15) is 5.75 Å². The van der Waals surface area contributed by atoms with Crippen molar-refractivity contribution >= 4 is 17.6 Å². The van der Waals surface area contributed by atoms with Crippen molar-refractivity contribution in [2.45, 2.75) is 13.3 Å². The summed E-state index contributed by atoms with van der Waals surface area (Å²) in [5.74, 6) is 0.445. The first-order chi connectivity index (χ1) is 9.15. The van der Waals surface area contributed by atoms with E-state index in [0.29, 0.717) is 18.0 Å². The minimum absolute atomic E-state index is 0.0458. The summed E-state index contributed by atoms with van der Waals surface area (Å²) in [4.78, 5) is 22.8. The van der Waals surface area contributed by atoms with Crippen LogP contribution in [0.1, 0.15) is 13.3 Å². The minimum atomic E-state index is -0.431. The van der Waals surface area contributed by atoms with Gasteiger partial charge in [-0.3, -0.25) is 4.79 Å². The largest absolute Gasteiger partial charge is 0.497 e. The van der Waals surface area contributed by atoms with Crippen molar-refractivity contribution in [1.29, 1.82) is 0 Å². The van der Waals surface area contributed by atoms with Gasteiger partial charge in [-0.15, -0.1) is 0 Å². The van der Waals surface area contributed by atoms with Gasteiger partial charge in [0.2, 0.25) is 5.91 Å². The molecule has 0 radical (unpaired) electrons. The summed E-state index contributed by atoms with van der Waals surface area (Å²) in [6.07, 6.45) is 0.863. The van der Waals surface area contributed by atoms with Crippen LogP contribution in [0.5, 0.6) is 5.75 Å². The number of carbonyl (C=O) groups excluding carboxylic acids is 2. The van der Waals surface area contributed by atoms with Crippen LogP contribution >= 0.6 is 0 Å². The van der Waals surface area contributed by atoms with E-state index in [9.17, 15) is 9.59 Å². The van der Waals surface area contributed by atoms with Gasteiger partial charge in [0.25, 0.3) is 0 Å². The Hall–Kier alpha value is -2.24. The van der Waals surface area contributed by atoms with E-state index in [4.69, 9.17) is 4.74 Å². The molecule has 0 bridgehead atoms. The summed E-state index contributed by atoms with van der Waals surface area (Å²) in [6, 6.07) is 6.54. The Morgan fingerprint density at radius 2 is 2.05 bits per heavy atom. The Kier molecular flexibility index (Phi) is 6.21. The number of amides is 3. The van der Waals surface area contributed by atoms with E-state index in [-0.39, 0.29) is 12.5 Å². The number of benzene rings is 1. The molecule has 0 saturated carbocycles. The van der Waals surface area contributed by atoms with Crippen LogP contribution in [0.4, 0.5) is 10.5 Å². The van der Waals surface area contributed by atoms with Gasteiger partial charge >= 0.3 is 6.03 Å². The van der Waals surface area contributed by atoms with Gasteiger partial charge in [-0.1, -0.05) is 13.0 Å². The van der Waals surface area contributed by atoms with Crippen molar-refractivity contribution in [2.24, 2.45) is 0 Å². The predicted octanol–water partition coefficient (Wildman–Crippen LogP) is 1.34. The molecule has 0 aliphatic heterocycles. The predicted molar refractivity (Wildman–Crippen MR) is 73.3 cm³/mol. The Morgan fingerprint density at radius 3 is 2.74 bits per heavy atom. The molecule has 0 heterocycles. The van der Waals surface area contributed by atoms with Crippen molar-refractivity contribution in [2.75, 3.05) is 25.5 Å². The number of urea groups is 1. The molecular weight excluding hydrogens is 246 g/mol. The maximum atomic E-state index is 11.5. The van der Waals surface area contributed by atoms with E-state index >= 15 is 0 Å². The molecule has 0 atom stereocenters. The zero-order valence-electron chi connectivity index (χ0n) is 11.2. The lowest BCUT2D eigenvalue weighted by Gasteiger charge is -2.08. The summed E-state index contributed by atoms with van der Waals surface area (Å²) in [5.41, 5.74) is 0.603. The first-order valence-corrected chi connectivity index (χ1v) is 6.11. The molecule has 1 aromatic rings. The molecule has 0 aliphatic rings. The molecule has 0 fully saturated rings. The number of hydrogen-bond donors (Lipinski definition) is 3. The smallest absolute Gasteiger partial charge is 0.319 e. The van der Waals surface area contributed by atoms with Crippen LogP contribution in [0.25, 0.3) is 0 Å². The molecule has 0 saturated heterocycles. The molecule has 3 amide bonds.